The van der Waals surface area contributed by atoms with Crippen LogP contribution in [0.15, 0.2) is 12.1 Å². The van der Waals surface area contributed by atoms with Crippen LogP contribution in [0, 0.1) is 0 Å². The van der Waals surface area contributed by atoms with E-state index in [9.17, 15) is 9.90 Å². The first-order valence-corrected chi connectivity index (χ1v) is 10.0. The highest BCUT2D eigenvalue weighted by Crippen LogP contribution is 2.35. The molecule has 1 saturated carbocycles. The standard InChI is InChI=1S/C21H32N2O5/c1-26-18-10-20(28-3)19(27-2)9-15(18)11-22-12-17(24)13-23(21(25)14-22)16-7-5-4-6-8-16/h9-10,16-17,24H,4-8,11-14H2,1-3H3. The highest BCUT2D eigenvalue weighted by molar-refractivity contribution is 5.79. The second-order valence-corrected chi connectivity index (χ2v) is 7.68. The molecule has 2 aliphatic rings. The van der Waals surface area contributed by atoms with Crippen LogP contribution in [0.1, 0.15) is 37.7 Å². The van der Waals surface area contributed by atoms with Gasteiger partial charge < -0.3 is 24.2 Å². The molecule has 1 saturated heterocycles. The lowest BCUT2D eigenvalue weighted by atomic mass is 9.94. The summed E-state index contributed by atoms with van der Waals surface area (Å²) in [4.78, 5) is 16.8. The van der Waals surface area contributed by atoms with E-state index in [4.69, 9.17) is 14.2 Å². The van der Waals surface area contributed by atoms with E-state index >= 15 is 0 Å². The van der Waals surface area contributed by atoms with Crippen molar-refractivity contribution in [1.82, 2.24) is 9.80 Å². The molecule has 1 heterocycles. The Morgan fingerprint density at radius 2 is 1.61 bits per heavy atom. The van der Waals surface area contributed by atoms with Crippen LogP contribution in [0.5, 0.6) is 17.2 Å². The largest absolute Gasteiger partial charge is 0.496 e. The Bertz CT molecular complexity index is 675. The third-order valence-electron chi connectivity index (χ3n) is 5.75. The molecule has 28 heavy (non-hydrogen) atoms. The van der Waals surface area contributed by atoms with Gasteiger partial charge in [0.15, 0.2) is 11.5 Å². The van der Waals surface area contributed by atoms with Crippen LogP contribution < -0.4 is 14.2 Å². The lowest BCUT2D eigenvalue weighted by molar-refractivity contribution is -0.134. The molecule has 1 unspecified atom stereocenters. The number of rotatable bonds is 6. The number of aliphatic hydroxyl groups excluding tert-OH is 1. The summed E-state index contributed by atoms with van der Waals surface area (Å²) in [6.07, 6.45) is 5.10. The molecule has 0 aromatic heterocycles. The van der Waals surface area contributed by atoms with Gasteiger partial charge in [0.2, 0.25) is 5.91 Å². The SMILES string of the molecule is COc1cc(OC)c(OC)cc1CN1CC(=O)N(C2CCCCC2)CC(O)C1. The Morgan fingerprint density at radius 1 is 0.964 bits per heavy atom. The molecule has 1 aromatic rings. The van der Waals surface area contributed by atoms with E-state index in [0.29, 0.717) is 43.4 Å². The molecule has 156 valence electrons. The molecule has 3 rings (SSSR count). The molecule has 1 amide bonds. The number of carbonyl (C=O) groups is 1. The second kappa shape index (κ2) is 9.47. The molecule has 0 bridgehead atoms. The number of carbonyl (C=O) groups excluding carboxylic acids is 1. The number of hydrogen-bond acceptors (Lipinski definition) is 6. The van der Waals surface area contributed by atoms with Gasteiger partial charge >= 0.3 is 0 Å². The van der Waals surface area contributed by atoms with Crippen LogP contribution in [-0.4, -0.2) is 73.9 Å². The van der Waals surface area contributed by atoms with Crippen molar-refractivity contribution in [2.45, 2.75) is 50.8 Å². The van der Waals surface area contributed by atoms with Crippen LogP contribution in [0.4, 0.5) is 0 Å². The van der Waals surface area contributed by atoms with Gasteiger partial charge in [-0.15, -0.1) is 0 Å². The van der Waals surface area contributed by atoms with E-state index in [1.165, 1.54) is 6.42 Å². The molecule has 1 N–H and O–H groups in total. The maximum Gasteiger partial charge on any atom is 0.237 e. The van der Waals surface area contributed by atoms with Crippen molar-refractivity contribution >= 4 is 5.91 Å². The number of ether oxygens (including phenoxy) is 3. The molecule has 7 heteroatoms. The van der Waals surface area contributed by atoms with Crippen molar-refractivity contribution in [3.63, 3.8) is 0 Å². The molecule has 1 aliphatic heterocycles. The summed E-state index contributed by atoms with van der Waals surface area (Å²) in [6.45, 7) is 1.66. The van der Waals surface area contributed by atoms with Crippen molar-refractivity contribution in [1.29, 1.82) is 0 Å². The fourth-order valence-corrected chi connectivity index (χ4v) is 4.35. The molecule has 1 atom stereocenters. The Balaban J connectivity index is 1.76. The predicted octanol–water partition coefficient (Wildman–Crippen LogP) is 2.05. The van der Waals surface area contributed by atoms with Crippen LogP contribution in [0.2, 0.25) is 0 Å². The molecule has 7 nitrogen and oxygen atoms in total. The fourth-order valence-electron chi connectivity index (χ4n) is 4.35. The Kier molecular flexibility index (Phi) is 7.02. The minimum absolute atomic E-state index is 0.0999. The van der Waals surface area contributed by atoms with Crippen molar-refractivity contribution < 1.29 is 24.1 Å². The summed E-state index contributed by atoms with van der Waals surface area (Å²) in [6, 6.07) is 3.93. The zero-order chi connectivity index (χ0) is 20.1. The molecule has 0 radical (unpaired) electrons. The van der Waals surface area contributed by atoms with Crippen molar-refractivity contribution in [3.05, 3.63) is 17.7 Å². The van der Waals surface area contributed by atoms with E-state index in [1.807, 2.05) is 15.9 Å². The zero-order valence-corrected chi connectivity index (χ0v) is 17.1. The topological polar surface area (TPSA) is 71.5 Å². The van der Waals surface area contributed by atoms with Gasteiger partial charge in [-0.2, -0.15) is 0 Å². The van der Waals surface area contributed by atoms with Gasteiger partial charge in [0.05, 0.1) is 34.0 Å². The van der Waals surface area contributed by atoms with Gasteiger partial charge in [-0.05, 0) is 18.9 Å². The van der Waals surface area contributed by atoms with Crippen LogP contribution in [0.25, 0.3) is 0 Å². The quantitative estimate of drug-likeness (QED) is 0.799. The summed E-state index contributed by atoms with van der Waals surface area (Å²) in [5.41, 5.74) is 0.895. The number of benzene rings is 1. The molecule has 2 fully saturated rings. The van der Waals surface area contributed by atoms with Crippen molar-refractivity contribution in [3.8, 4) is 17.2 Å². The smallest absolute Gasteiger partial charge is 0.237 e. The Morgan fingerprint density at radius 3 is 2.25 bits per heavy atom. The van der Waals surface area contributed by atoms with Gasteiger partial charge in [-0.1, -0.05) is 19.3 Å². The first-order chi connectivity index (χ1) is 13.5. The molecule has 1 aliphatic carbocycles. The maximum atomic E-state index is 12.9. The Labute approximate surface area is 167 Å². The molecule has 1 aromatic carbocycles. The molecular weight excluding hydrogens is 360 g/mol. The minimum atomic E-state index is -0.556. The third kappa shape index (κ3) is 4.70. The maximum absolute atomic E-state index is 12.9. The predicted molar refractivity (Wildman–Crippen MR) is 106 cm³/mol. The first-order valence-electron chi connectivity index (χ1n) is 10.0. The minimum Gasteiger partial charge on any atom is -0.496 e. The van der Waals surface area contributed by atoms with Crippen molar-refractivity contribution in [2.24, 2.45) is 0 Å². The van der Waals surface area contributed by atoms with Crippen LogP contribution in [-0.2, 0) is 11.3 Å². The van der Waals surface area contributed by atoms with Crippen molar-refractivity contribution in [2.75, 3.05) is 41.0 Å². The van der Waals surface area contributed by atoms with E-state index in [0.717, 1.165) is 31.2 Å². The summed E-state index contributed by atoms with van der Waals surface area (Å²) in [7, 11) is 4.79. The number of nitrogens with zero attached hydrogens (tertiary/aromatic N) is 2. The number of hydrogen-bond donors (Lipinski definition) is 1. The Hall–Kier alpha value is -1.99. The van der Waals surface area contributed by atoms with Gasteiger partial charge in [-0.25, -0.2) is 0 Å². The number of aliphatic hydroxyl groups is 1. The average Bonchev–Trinajstić information content (AvgIpc) is 2.85. The summed E-state index contributed by atoms with van der Waals surface area (Å²) < 4.78 is 16.3. The van der Waals surface area contributed by atoms with E-state index in [2.05, 4.69) is 0 Å². The van der Waals surface area contributed by atoms with E-state index < -0.39 is 6.10 Å². The number of methoxy groups -OCH3 is 3. The summed E-state index contributed by atoms with van der Waals surface area (Å²) >= 11 is 0. The van der Waals surface area contributed by atoms with Crippen LogP contribution >= 0.6 is 0 Å². The van der Waals surface area contributed by atoms with E-state index in [-0.39, 0.29) is 11.9 Å². The summed E-state index contributed by atoms with van der Waals surface area (Å²) in [5.74, 6) is 1.98. The number of amides is 1. The monoisotopic (exact) mass is 392 g/mol. The molecular formula is C21H32N2O5. The fraction of sp³-hybridized carbons (Fsp3) is 0.667. The van der Waals surface area contributed by atoms with Crippen LogP contribution in [0.3, 0.4) is 0 Å². The third-order valence-corrected chi connectivity index (χ3v) is 5.75. The first kappa shape index (κ1) is 20.7. The lowest BCUT2D eigenvalue weighted by Gasteiger charge is -2.34. The summed E-state index contributed by atoms with van der Waals surface area (Å²) in [5, 5.41) is 10.6. The van der Waals surface area contributed by atoms with E-state index in [1.54, 1.807) is 27.4 Å². The highest BCUT2D eigenvalue weighted by atomic mass is 16.5. The van der Waals surface area contributed by atoms with Gasteiger partial charge in [0.25, 0.3) is 0 Å². The van der Waals surface area contributed by atoms with Gasteiger partial charge in [-0.3, -0.25) is 9.69 Å². The molecule has 0 spiro atoms. The lowest BCUT2D eigenvalue weighted by Crippen LogP contribution is -2.45. The normalized spacial score (nSPS) is 22.1. The highest BCUT2D eigenvalue weighted by Gasteiger charge is 2.32. The average molecular weight is 392 g/mol. The van der Waals surface area contributed by atoms with Gasteiger partial charge in [0.1, 0.15) is 5.75 Å². The second-order valence-electron chi connectivity index (χ2n) is 7.68. The van der Waals surface area contributed by atoms with Gasteiger partial charge in [0, 0.05) is 37.3 Å². The zero-order valence-electron chi connectivity index (χ0n) is 17.1. The number of β-amino-alcohol motifs (C(OH)–C–C–N with tert-alkyl or cyclic N) is 1.